The van der Waals surface area contributed by atoms with Gasteiger partial charge in [0.15, 0.2) is 0 Å². The van der Waals surface area contributed by atoms with Crippen LogP contribution in [-0.2, 0) is 39.0 Å². The number of aryl methyl sites for hydroxylation is 1. The molecule has 0 radical (unpaired) electrons. The second-order valence-electron chi connectivity index (χ2n) is 11.2. The van der Waals surface area contributed by atoms with Crippen molar-refractivity contribution in [3.63, 3.8) is 0 Å². The van der Waals surface area contributed by atoms with Crippen LogP contribution < -0.4 is 5.32 Å². The minimum atomic E-state index is -3.51. The topological polar surface area (TPSA) is 86.8 Å². The zero-order valence-electron chi connectivity index (χ0n) is 24.3. The summed E-state index contributed by atoms with van der Waals surface area (Å²) in [6.45, 7) is 5.73. The first-order valence-electron chi connectivity index (χ1n) is 14.6. The highest BCUT2D eigenvalue weighted by Crippen LogP contribution is 2.22. The van der Waals surface area contributed by atoms with E-state index in [0.717, 1.165) is 29.5 Å². The summed E-state index contributed by atoms with van der Waals surface area (Å²) in [5.41, 5.74) is 2.47. The maximum Gasteiger partial charge on any atom is 0.243 e. The molecular weight excluding hydrogens is 553 g/mol. The quantitative estimate of drug-likeness (QED) is 0.304. The Morgan fingerprint density at radius 2 is 1.50 bits per heavy atom. The molecule has 2 amide bonds. The molecule has 1 fully saturated rings. The van der Waals surface area contributed by atoms with Crippen molar-refractivity contribution >= 4 is 21.8 Å². The van der Waals surface area contributed by atoms with Gasteiger partial charge in [0.05, 0.1) is 4.90 Å². The van der Waals surface area contributed by atoms with Crippen LogP contribution in [0, 0.1) is 11.7 Å². The molecule has 0 aromatic heterocycles. The SMILES string of the molecule is CC(C)CNC(=O)[C@H](Cc1ccccc1)N(Cc1ccc(F)cc1)C(=O)CCc1ccc(S(=O)(=O)N2CCCC2)cc1. The number of sulfonamides is 1. The summed E-state index contributed by atoms with van der Waals surface area (Å²) in [5, 5.41) is 3.00. The number of hydrogen-bond donors (Lipinski definition) is 1. The molecule has 9 heteroatoms. The molecule has 42 heavy (non-hydrogen) atoms. The monoisotopic (exact) mass is 593 g/mol. The Labute approximate surface area is 248 Å². The molecule has 4 rings (SSSR count). The summed E-state index contributed by atoms with van der Waals surface area (Å²) in [5.74, 6) is -0.583. The average Bonchev–Trinajstić information content (AvgIpc) is 3.54. The van der Waals surface area contributed by atoms with Gasteiger partial charge in [0.25, 0.3) is 0 Å². The molecule has 1 aliphatic rings. The van der Waals surface area contributed by atoms with E-state index in [0.29, 0.717) is 32.5 Å². The molecule has 1 aliphatic heterocycles. The molecule has 3 aromatic rings. The van der Waals surface area contributed by atoms with Crippen molar-refractivity contribution in [1.82, 2.24) is 14.5 Å². The maximum absolute atomic E-state index is 13.8. The number of nitrogens with one attached hydrogen (secondary N) is 1. The van der Waals surface area contributed by atoms with Gasteiger partial charge in [-0.1, -0.05) is 68.4 Å². The van der Waals surface area contributed by atoms with Gasteiger partial charge in [-0.25, -0.2) is 12.8 Å². The van der Waals surface area contributed by atoms with Gasteiger partial charge < -0.3 is 10.2 Å². The van der Waals surface area contributed by atoms with Gasteiger partial charge in [-0.3, -0.25) is 9.59 Å². The van der Waals surface area contributed by atoms with Crippen molar-refractivity contribution in [3.05, 3.63) is 101 Å². The zero-order valence-corrected chi connectivity index (χ0v) is 25.2. The van der Waals surface area contributed by atoms with E-state index in [1.165, 1.54) is 16.4 Å². The van der Waals surface area contributed by atoms with E-state index < -0.39 is 16.1 Å². The third kappa shape index (κ3) is 8.49. The molecule has 1 heterocycles. The Hall–Kier alpha value is -3.56. The Balaban J connectivity index is 1.54. The van der Waals surface area contributed by atoms with Crippen LogP contribution in [0.1, 0.15) is 49.8 Å². The van der Waals surface area contributed by atoms with Gasteiger partial charge in [0.2, 0.25) is 21.8 Å². The number of amides is 2. The van der Waals surface area contributed by atoms with E-state index in [4.69, 9.17) is 0 Å². The summed E-state index contributed by atoms with van der Waals surface area (Å²) in [4.78, 5) is 29.2. The molecule has 1 N–H and O–H groups in total. The number of carbonyl (C=O) groups is 2. The number of nitrogens with zero attached hydrogens (tertiary/aromatic N) is 2. The van der Waals surface area contributed by atoms with Crippen LogP contribution in [-0.4, -0.2) is 55.1 Å². The third-order valence-corrected chi connectivity index (χ3v) is 9.39. The fourth-order valence-electron chi connectivity index (χ4n) is 5.06. The molecule has 1 saturated heterocycles. The van der Waals surface area contributed by atoms with Crippen molar-refractivity contribution in [2.24, 2.45) is 5.92 Å². The number of carbonyl (C=O) groups excluding carboxylic acids is 2. The summed E-state index contributed by atoms with van der Waals surface area (Å²) < 4.78 is 40.9. The van der Waals surface area contributed by atoms with Crippen LogP contribution in [0.4, 0.5) is 4.39 Å². The predicted molar refractivity (Wildman–Crippen MR) is 161 cm³/mol. The second-order valence-corrected chi connectivity index (χ2v) is 13.2. The van der Waals surface area contributed by atoms with Crippen LogP contribution >= 0.6 is 0 Å². The zero-order chi connectivity index (χ0) is 30.1. The van der Waals surface area contributed by atoms with Crippen molar-refractivity contribution in [3.8, 4) is 0 Å². The lowest BCUT2D eigenvalue weighted by atomic mass is 10.0. The number of halogens is 1. The van der Waals surface area contributed by atoms with Crippen LogP contribution in [0.25, 0.3) is 0 Å². The van der Waals surface area contributed by atoms with E-state index in [9.17, 15) is 22.4 Å². The van der Waals surface area contributed by atoms with Gasteiger partial charge in [-0.2, -0.15) is 4.31 Å². The smallest absolute Gasteiger partial charge is 0.243 e. The number of benzene rings is 3. The normalized spacial score (nSPS) is 14.6. The lowest BCUT2D eigenvalue weighted by molar-refractivity contribution is -0.141. The molecule has 0 aliphatic carbocycles. The molecule has 3 aromatic carbocycles. The average molecular weight is 594 g/mol. The molecule has 0 saturated carbocycles. The Morgan fingerprint density at radius 1 is 0.881 bits per heavy atom. The number of rotatable bonds is 13. The first kappa shape index (κ1) is 31.4. The maximum atomic E-state index is 13.8. The van der Waals surface area contributed by atoms with Crippen LogP contribution in [0.2, 0.25) is 0 Å². The van der Waals surface area contributed by atoms with E-state index in [-0.39, 0.29) is 41.4 Å². The highest BCUT2D eigenvalue weighted by molar-refractivity contribution is 7.89. The minimum absolute atomic E-state index is 0.127. The highest BCUT2D eigenvalue weighted by atomic mass is 32.2. The summed E-state index contributed by atoms with van der Waals surface area (Å²) in [6.07, 6.45) is 2.58. The van der Waals surface area contributed by atoms with Crippen molar-refractivity contribution in [1.29, 1.82) is 0 Å². The van der Waals surface area contributed by atoms with E-state index in [1.54, 1.807) is 41.3 Å². The fraction of sp³-hybridized carbons (Fsp3) is 0.394. The van der Waals surface area contributed by atoms with Crippen LogP contribution in [0.15, 0.2) is 83.8 Å². The molecule has 224 valence electrons. The summed E-state index contributed by atoms with van der Waals surface area (Å²) in [6, 6.07) is 21.4. The van der Waals surface area contributed by atoms with Gasteiger partial charge in [0, 0.05) is 39.0 Å². The fourth-order valence-corrected chi connectivity index (χ4v) is 6.58. The Bertz CT molecular complexity index is 1420. The van der Waals surface area contributed by atoms with Crippen molar-refractivity contribution < 1.29 is 22.4 Å². The molecule has 0 unspecified atom stereocenters. The first-order valence-corrected chi connectivity index (χ1v) is 16.0. The molecule has 0 spiro atoms. The Morgan fingerprint density at radius 3 is 2.12 bits per heavy atom. The minimum Gasteiger partial charge on any atom is -0.354 e. The van der Waals surface area contributed by atoms with Crippen LogP contribution in [0.5, 0.6) is 0 Å². The summed E-state index contributed by atoms with van der Waals surface area (Å²) >= 11 is 0. The van der Waals surface area contributed by atoms with Gasteiger partial charge in [-0.05, 0) is 66.1 Å². The number of hydrogen-bond acceptors (Lipinski definition) is 4. The first-order chi connectivity index (χ1) is 20.1. The third-order valence-electron chi connectivity index (χ3n) is 7.48. The van der Waals surface area contributed by atoms with E-state index in [1.807, 2.05) is 44.2 Å². The Kier molecular flexibility index (Phi) is 10.9. The highest BCUT2D eigenvalue weighted by Gasteiger charge is 2.31. The second kappa shape index (κ2) is 14.6. The van der Waals surface area contributed by atoms with Gasteiger partial charge in [-0.15, -0.1) is 0 Å². The largest absolute Gasteiger partial charge is 0.354 e. The predicted octanol–water partition coefficient (Wildman–Crippen LogP) is 4.96. The molecule has 0 bridgehead atoms. The van der Waals surface area contributed by atoms with Crippen molar-refractivity contribution in [2.75, 3.05) is 19.6 Å². The molecule has 7 nitrogen and oxygen atoms in total. The van der Waals surface area contributed by atoms with Crippen LogP contribution in [0.3, 0.4) is 0 Å². The lowest BCUT2D eigenvalue weighted by Gasteiger charge is -2.32. The lowest BCUT2D eigenvalue weighted by Crippen LogP contribution is -2.51. The molecular formula is C33H40FN3O4S. The molecule has 1 atom stereocenters. The van der Waals surface area contributed by atoms with E-state index >= 15 is 0 Å². The standard InChI is InChI=1S/C33H40FN3O4S/c1-25(2)23-35-33(39)31(22-27-8-4-3-5-9-27)37(24-28-10-15-29(34)16-11-28)32(38)19-14-26-12-17-30(18-13-26)42(40,41)36-20-6-7-21-36/h3-5,8-13,15-18,25,31H,6-7,14,19-24H2,1-2H3,(H,35,39)/t31-/m0/s1. The van der Waals surface area contributed by atoms with E-state index in [2.05, 4.69) is 5.32 Å². The summed E-state index contributed by atoms with van der Waals surface area (Å²) in [7, 11) is -3.51. The van der Waals surface area contributed by atoms with Crippen molar-refractivity contribution in [2.45, 2.75) is 63.4 Å². The van der Waals surface area contributed by atoms with Gasteiger partial charge in [0.1, 0.15) is 11.9 Å². The van der Waals surface area contributed by atoms with Gasteiger partial charge >= 0.3 is 0 Å².